The van der Waals surface area contributed by atoms with Crippen LogP contribution in [0.2, 0.25) is 5.02 Å². The molecule has 0 aliphatic rings. The zero-order valence-electron chi connectivity index (χ0n) is 15.0. The van der Waals surface area contributed by atoms with Gasteiger partial charge in [0.05, 0.1) is 34.0 Å². The monoisotopic (exact) mass is 466 g/mol. The van der Waals surface area contributed by atoms with Gasteiger partial charge in [0, 0.05) is 6.07 Å². The second-order valence-corrected chi connectivity index (χ2v) is 7.36. The van der Waals surface area contributed by atoms with E-state index < -0.39 is 12.1 Å². The van der Waals surface area contributed by atoms with Gasteiger partial charge in [0.15, 0.2) is 11.0 Å². The highest BCUT2D eigenvalue weighted by atomic mass is 79.9. The fourth-order valence-electron chi connectivity index (χ4n) is 2.77. The van der Waals surface area contributed by atoms with Gasteiger partial charge in [-0.1, -0.05) is 17.7 Å². The van der Waals surface area contributed by atoms with E-state index in [-0.39, 0.29) is 23.2 Å². The lowest BCUT2D eigenvalue weighted by atomic mass is 10.1. The van der Waals surface area contributed by atoms with Crippen molar-refractivity contribution in [1.82, 2.24) is 0 Å². The minimum atomic E-state index is -0.965. The Morgan fingerprint density at radius 2 is 2.04 bits per heavy atom. The molecular formula is C20H16BrClO6. The fourth-order valence-corrected chi connectivity index (χ4v) is 3.40. The molecule has 1 heterocycles. The molecule has 3 aromatic rings. The molecule has 1 aromatic heterocycles. The van der Waals surface area contributed by atoms with Crippen molar-refractivity contribution in [2.75, 3.05) is 7.11 Å². The molecule has 146 valence electrons. The van der Waals surface area contributed by atoms with Gasteiger partial charge in [0.25, 0.3) is 0 Å². The number of aliphatic carboxylic acids is 1. The Morgan fingerprint density at radius 3 is 2.71 bits per heavy atom. The minimum Gasteiger partial charge on any atom is -0.496 e. The van der Waals surface area contributed by atoms with Crippen molar-refractivity contribution in [1.29, 1.82) is 0 Å². The Morgan fingerprint density at radius 1 is 1.29 bits per heavy atom. The van der Waals surface area contributed by atoms with Crippen molar-refractivity contribution in [2.24, 2.45) is 0 Å². The molecule has 6 nitrogen and oxygen atoms in total. The predicted octanol–water partition coefficient (Wildman–Crippen LogP) is 5.13. The molecule has 2 aromatic carbocycles. The first-order valence-electron chi connectivity index (χ1n) is 8.29. The van der Waals surface area contributed by atoms with Crippen molar-refractivity contribution in [3.63, 3.8) is 0 Å². The number of carbonyl (C=O) groups is 1. The second-order valence-electron chi connectivity index (χ2n) is 6.10. The van der Waals surface area contributed by atoms with Crippen LogP contribution in [0, 0.1) is 0 Å². The molecule has 0 amide bonds. The van der Waals surface area contributed by atoms with Crippen LogP contribution >= 0.6 is 27.5 Å². The van der Waals surface area contributed by atoms with Crippen molar-refractivity contribution in [2.45, 2.75) is 19.4 Å². The molecule has 0 aliphatic heterocycles. The summed E-state index contributed by atoms with van der Waals surface area (Å²) in [5, 5.41) is 9.62. The number of para-hydroxylation sites is 1. The van der Waals surface area contributed by atoms with Crippen LogP contribution in [0.4, 0.5) is 0 Å². The van der Waals surface area contributed by atoms with E-state index in [2.05, 4.69) is 15.9 Å². The largest absolute Gasteiger partial charge is 0.496 e. The Kier molecular flexibility index (Phi) is 5.96. The Balaban J connectivity index is 2.14. The summed E-state index contributed by atoms with van der Waals surface area (Å²) >= 11 is 9.57. The van der Waals surface area contributed by atoms with Crippen LogP contribution in [0.25, 0.3) is 22.3 Å². The Labute approximate surface area is 173 Å². The van der Waals surface area contributed by atoms with Gasteiger partial charge in [-0.3, -0.25) is 9.59 Å². The molecule has 0 aliphatic carbocycles. The molecule has 1 atom stereocenters. The van der Waals surface area contributed by atoms with Crippen LogP contribution in [0.15, 0.2) is 50.1 Å². The quantitative estimate of drug-likeness (QED) is 0.541. The average Bonchev–Trinajstić information content (AvgIpc) is 2.63. The van der Waals surface area contributed by atoms with Gasteiger partial charge in [-0.05, 0) is 47.1 Å². The predicted molar refractivity (Wildman–Crippen MR) is 110 cm³/mol. The molecule has 1 unspecified atom stereocenters. The molecule has 0 radical (unpaired) electrons. The van der Waals surface area contributed by atoms with Gasteiger partial charge < -0.3 is 19.0 Å². The Bertz CT molecular complexity index is 1110. The molecular weight excluding hydrogens is 452 g/mol. The highest BCUT2D eigenvalue weighted by Crippen LogP contribution is 2.40. The lowest BCUT2D eigenvalue weighted by Gasteiger charge is -2.17. The molecule has 0 saturated heterocycles. The van der Waals surface area contributed by atoms with Gasteiger partial charge in [-0.2, -0.15) is 0 Å². The van der Waals surface area contributed by atoms with E-state index in [1.807, 2.05) is 0 Å². The van der Waals surface area contributed by atoms with E-state index in [9.17, 15) is 9.59 Å². The minimum absolute atomic E-state index is 0.158. The highest BCUT2D eigenvalue weighted by molar-refractivity contribution is 9.10. The van der Waals surface area contributed by atoms with Gasteiger partial charge in [0.1, 0.15) is 23.4 Å². The SMILES string of the molecule is COc1cc(Br)c(OC(C)CC(=O)O)cc1-c1cc(=O)c2cccc(Cl)c2o1. The van der Waals surface area contributed by atoms with E-state index in [4.69, 9.17) is 30.6 Å². The lowest BCUT2D eigenvalue weighted by Crippen LogP contribution is -2.16. The first kappa shape index (κ1) is 20.2. The van der Waals surface area contributed by atoms with E-state index in [1.54, 1.807) is 37.3 Å². The summed E-state index contributed by atoms with van der Waals surface area (Å²) in [7, 11) is 1.49. The molecule has 3 rings (SSSR count). The van der Waals surface area contributed by atoms with Crippen LogP contribution in [0.1, 0.15) is 13.3 Å². The third kappa shape index (κ3) is 4.15. The standard InChI is InChI=1S/C20H16BrClO6/c1-10(6-19(24)25)27-18-7-12(16(26-2)8-13(18)21)17-9-15(23)11-4-3-5-14(22)20(11)28-17/h3-5,7-10H,6H2,1-2H3,(H,24,25). The van der Waals surface area contributed by atoms with Gasteiger partial charge in [-0.25, -0.2) is 0 Å². The molecule has 0 fully saturated rings. The molecule has 8 heteroatoms. The normalized spacial score (nSPS) is 12.0. The van der Waals surface area contributed by atoms with Crippen LogP contribution in [0.5, 0.6) is 11.5 Å². The van der Waals surface area contributed by atoms with Gasteiger partial charge in [-0.15, -0.1) is 0 Å². The summed E-state index contributed by atoms with van der Waals surface area (Å²) in [5.74, 6) is 0.129. The number of hydrogen-bond donors (Lipinski definition) is 1. The maximum Gasteiger partial charge on any atom is 0.307 e. The maximum absolute atomic E-state index is 12.5. The van der Waals surface area contributed by atoms with Crippen molar-refractivity contribution < 1.29 is 23.8 Å². The molecule has 1 N–H and O–H groups in total. The fraction of sp³-hybridized carbons (Fsp3) is 0.200. The summed E-state index contributed by atoms with van der Waals surface area (Å²) in [6, 6.07) is 9.60. The third-order valence-corrected chi connectivity index (χ3v) is 4.93. The zero-order valence-corrected chi connectivity index (χ0v) is 17.3. The number of carboxylic acid groups (broad SMARTS) is 1. The zero-order chi connectivity index (χ0) is 20.4. The number of ether oxygens (including phenoxy) is 2. The molecule has 28 heavy (non-hydrogen) atoms. The van der Waals surface area contributed by atoms with Crippen molar-refractivity contribution in [3.8, 4) is 22.8 Å². The van der Waals surface area contributed by atoms with Crippen LogP contribution in [-0.4, -0.2) is 24.3 Å². The maximum atomic E-state index is 12.5. The van der Waals surface area contributed by atoms with E-state index in [0.717, 1.165) is 0 Å². The summed E-state index contributed by atoms with van der Waals surface area (Å²) in [6.45, 7) is 1.65. The van der Waals surface area contributed by atoms with Crippen molar-refractivity contribution >= 4 is 44.5 Å². The molecule has 0 saturated carbocycles. The van der Waals surface area contributed by atoms with E-state index in [1.165, 1.54) is 13.2 Å². The summed E-state index contributed by atoms with van der Waals surface area (Å²) < 4.78 is 17.6. The smallest absolute Gasteiger partial charge is 0.307 e. The number of fused-ring (bicyclic) bond motifs is 1. The summed E-state index contributed by atoms with van der Waals surface area (Å²) in [5.41, 5.74) is 0.505. The average molecular weight is 468 g/mol. The van der Waals surface area contributed by atoms with Gasteiger partial charge >= 0.3 is 5.97 Å². The number of hydrogen-bond acceptors (Lipinski definition) is 5. The molecule has 0 spiro atoms. The summed E-state index contributed by atoms with van der Waals surface area (Å²) in [6.07, 6.45) is -0.720. The second kappa shape index (κ2) is 8.24. The molecule has 0 bridgehead atoms. The topological polar surface area (TPSA) is 86.0 Å². The third-order valence-electron chi connectivity index (χ3n) is 4.02. The first-order valence-corrected chi connectivity index (χ1v) is 9.46. The van der Waals surface area contributed by atoms with Crippen molar-refractivity contribution in [3.05, 3.63) is 56.1 Å². The Hall–Kier alpha value is -2.51. The van der Waals surface area contributed by atoms with E-state index in [0.29, 0.717) is 31.9 Å². The number of halogens is 2. The van der Waals surface area contributed by atoms with Crippen LogP contribution in [0.3, 0.4) is 0 Å². The number of carboxylic acids is 1. The van der Waals surface area contributed by atoms with Gasteiger partial charge in [0.2, 0.25) is 0 Å². The number of benzene rings is 2. The van der Waals surface area contributed by atoms with Crippen LogP contribution < -0.4 is 14.9 Å². The first-order chi connectivity index (χ1) is 13.3. The number of methoxy groups -OCH3 is 1. The highest BCUT2D eigenvalue weighted by Gasteiger charge is 2.18. The summed E-state index contributed by atoms with van der Waals surface area (Å²) in [4.78, 5) is 23.4. The number of rotatable bonds is 6. The van der Waals surface area contributed by atoms with E-state index >= 15 is 0 Å². The lowest BCUT2D eigenvalue weighted by molar-refractivity contribution is -0.138. The van der Waals surface area contributed by atoms with Crippen LogP contribution in [-0.2, 0) is 4.79 Å².